The zero-order chi connectivity index (χ0) is 101. The van der Waals surface area contributed by atoms with Crippen LogP contribution in [0.15, 0.2) is 265 Å². The Hall–Kier alpha value is -12.4. The van der Waals surface area contributed by atoms with Crippen molar-refractivity contribution in [1.29, 1.82) is 0 Å². The van der Waals surface area contributed by atoms with Crippen molar-refractivity contribution in [1.82, 2.24) is 0 Å². The maximum absolute atomic E-state index is 14.0. The number of alkyl halides is 6. The molecule has 0 saturated carbocycles. The van der Waals surface area contributed by atoms with Gasteiger partial charge in [-0.2, -0.15) is 26.3 Å². The zero-order valence-corrected chi connectivity index (χ0v) is 86.4. The summed E-state index contributed by atoms with van der Waals surface area (Å²) in [7, 11) is -3.42. The van der Waals surface area contributed by atoms with Crippen molar-refractivity contribution in [2.45, 2.75) is 249 Å². The second kappa shape index (κ2) is 46.2. The Balaban J connectivity index is 0.000000191. The van der Waals surface area contributed by atoms with Crippen molar-refractivity contribution in [3.63, 3.8) is 0 Å². The molecule has 0 bridgehead atoms. The topological polar surface area (TPSA) is 60.4 Å². The molecule has 0 aromatic heterocycles. The van der Waals surface area contributed by atoms with Crippen molar-refractivity contribution >= 4 is 26.4 Å². The summed E-state index contributed by atoms with van der Waals surface area (Å²) in [6.45, 7) is 65.3. The van der Waals surface area contributed by atoms with Crippen LogP contribution in [0.5, 0.6) is 11.5 Å². The number of rotatable bonds is 10. The van der Waals surface area contributed by atoms with E-state index in [2.05, 4.69) is 286 Å². The van der Waals surface area contributed by atoms with Gasteiger partial charge in [-0.1, -0.05) is 194 Å². The number of sulfone groups is 1. The lowest BCUT2D eigenvalue weighted by Crippen LogP contribution is -2.54. The summed E-state index contributed by atoms with van der Waals surface area (Å²) >= 11 is 0. The minimum absolute atomic E-state index is 0.0983. The molecule has 15 rings (SSSR count). The zero-order valence-electron chi connectivity index (χ0n) is 85.6. The first kappa shape index (κ1) is 108. The van der Waals surface area contributed by atoms with Crippen LogP contribution in [-0.4, -0.2) is 26.6 Å². The van der Waals surface area contributed by atoms with E-state index in [0.29, 0.717) is 32.0 Å². The summed E-state index contributed by atoms with van der Waals surface area (Å²) < 4.78 is 115. The fraction of sp³-hybridized carbons (Fsp3) is 0.282. The molecule has 0 aliphatic carbocycles. The molecule has 0 fully saturated rings. The molecule has 0 aliphatic heterocycles. The van der Waals surface area contributed by atoms with E-state index < -0.39 is 38.7 Å². The smallest absolute Gasteiger partial charge is 0.411 e. The Bertz CT molecular complexity index is 6540. The quantitative estimate of drug-likeness (QED) is 0.101. The molecule has 11 heteroatoms. The highest BCUT2D eigenvalue weighted by Crippen LogP contribution is 2.57. The van der Waals surface area contributed by atoms with Gasteiger partial charge in [-0.25, -0.2) is 8.42 Å². The summed E-state index contributed by atoms with van der Waals surface area (Å²) in [4.78, 5) is 13.1. The van der Waals surface area contributed by atoms with Crippen molar-refractivity contribution in [2.24, 2.45) is 0 Å². The van der Waals surface area contributed by atoms with E-state index in [-0.39, 0.29) is 5.78 Å². The van der Waals surface area contributed by atoms with Crippen LogP contribution >= 0.6 is 0 Å². The summed E-state index contributed by atoms with van der Waals surface area (Å²) in [5.74, 6) is 1.90. The fourth-order valence-corrected chi connectivity index (χ4v) is 16.7. The van der Waals surface area contributed by atoms with Gasteiger partial charge in [0.25, 0.3) is 0 Å². The molecule has 0 radical (unpaired) electrons. The van der Waals surface area contributed by atoms with Gasteiger partial charge in [-0.05, 0) is 504 Å². The largest absolute Gasteiger partial charge is 0.457 e. The molecule has 0 heterocycles. The average molecular weight is 1840 g/mol. The lowest BCUT2D eigenvalue weighted by atomic mass is 9.71. The van der Waals surface area contributed by atoms with E-state index in [4.69, 9.17) is 4.74 Å². The van der Waals surface area contributed by atoms with Crippen LogP contribution in [0.2, 0.25) is 0 Å². The van der Waals surface area contributed by atoms with Crippen LogP contribution in [0.25, 0.3) is 33.0 Å². The molecule has 0 unspecified atom stereocenters. The normalized spacial score (nSPS) is 11.1. The number of fused-ring (bicyclic) bond motifs is 1. The minimum atomic E-state index is -5.55. The average Bonchev–Trinajstić information content (AvgIpc) is 0.711. The molecule has 15 aromatic carbocycles. The Labute approximate surface area is 803 Å². The van der Waals surface area contributed by atoms with E-state index in [1.54, 1.807) is 38.1 Å². The summed E-state index contributed by atoms with van der Waals surface area (Å²) in [6, 6.07) is 80.9. The Morgan fingerprint density at radius 3 is 0.778 bits per heavy atom. The highest BCUT2D eigenvalue weighted by molar-refractivity contribution is 7.91. The number of benzene rings is 15. The number of halogens is 6. The van der Waals surface area contributed by atoms with Gasteiger partial charge in [0.2, 0.25) is 15.3 Å². The third-order valence-electron chi connectivity index (χ3n) is 27.2. The molecule has 706 valence electrons. The molecule has 135 heavy (non-hydrogen) atoms. The van der Waals surface area contributed by atoms with Crippen LogP contribution in [0.3, 0.4) is 0 Å². The van der Waals surface area contributed by atoms with Crippen LogP contribution in [0.4, 0.5) is 26.3 Å². The van der Waals surface area contributed by atoms with Gasteiger partial charge < -0.3 is 4.74 Å². The van der Waals surface area contributed by atoms with E-state index in [9.17, 15) is 39.6 Å². The Kier molecular flexibility index (Phi) is 36.9. The van der Waals surface area contributed by atoms with Crippen LogP contribution < -0.4 is 4.74 Å². The highest BCUT2D eigenvalue weighted by Gasteiger charge is 2.72. The monoisotopic (exact) mass is 1840 g/mol. The number of ketones is 1. The third-order valence-corrected chi connectivity index (χ3v) is 28.9. The maximum Gasteiger partial charge on any atom is 0.411 e. The number of aryl methyl sites for hydroxylation is 31. The van der Waals surface area contributed by atoms with Gasteiger partial charge in [-0.3, -0.25) is 4.79 Å². The van der Waals surface area contributed by atoms with Crippen molar-refractivity contribution in [3.05, 3.63) is 455 Å². The second-order valence-corrected chi connectivity index (χ2v) is 39.1. The van der Waals surface area contributed by atoms with Crippen molar-refractivity contribution < 1.29 is 44.3 Å². The fourth-order valence-electron chi connectivity index (χ4n) is 15.3. The second-order valence-electron chi connectivity index (χ2n) is 37.1. The molecular weight excluding hydrogens is 1700 g/mol. The van der Waals surface area contributed by atoms with E-state index >= 15 is 0 Å². The van der Waals surface area contributed by atoms with Gasteiger partial charge in [0.05, 0.1) is 9.79 Å². The Morgan fingerprint density at radius 2 is 0.474 bits per heavy atom. The lowest BCUT2D eigenvalue weighted by molar-refractivity contribution is -0.288. The summed E-state index contributed by atoms with van der Waals surface area (Å²) in [5.41, 5.74) is 39.1. The molecule has 0 amide bonds. The van der Waals surface area contributed by atoms with Crippen molar-refractivity contribution in [2.75, 3.05) is 0 Å². The molecule has 0 aliphatic rings. The number of carbonyl (C=O) groups is 1. The van der Waals surface area contributed by atoms with Crippen LogP contribution in [0, 0.1) is 222 Å². The maximum atomic E-state index is 14.0. The van der Waals surface area contributed by atoms with Crippen molar-refractivity contribution in [3.8, 4) is 33.8 Å². The Morgan fingerprint density at radius 1 is 0.222 bits per heavy atom. The molecular formula is C124H138F6O4S. The predicted molar refractivity (Wildman–Crippen MR) is 559 cm³/mol. The van der Waals surface area contributed by atoms with E-state index in [1.807, 2.05) is 102 Å². The number of hydrogen-bond donors (Lipinski definition) is 0. The van der Waals surface area contributed by atoms with Gasteiger partial charge >= 0.3 is 12.4 Å². The molecule has 4 nitrogen and oxygen atoms in total. The lowest BCUT2D eigenvalue weighted by Gasteiger charge is -2.38. The van der Waals surface area contributed by atoms with Gasteiger partial charge in [0.1, 0.15) is 11.5 Å². The molecule has 0 saturated heterocycles. The first-order valence-corrected chi connectivity index (χ1v) is 47.6. The summed E-state index contributed by atoms with van der Waals surface area (Å²) in [6.07, 6.45) is -11.1. The van der Waals surface area contributed by atoms with Crippen LogP contribution in [-0.2, 0) is 15.3 Å². The SMILES string of the molecule is Cc1cc(C)c(C)cc1C.Cc1ccc(-c2ccc(C)c(C)c2)cc1C.Cc1ccc(-c2cccc(C)c2C)cc1C.Cc1ccc(C(=O)c2ccc(C)c(C)c2)cc1C.Cc1ccc(C(c2ccc(C)c(C)c2)(C(F)(F)F)C(F)(F)F)cc1C.Cc1ccc(Oc2ccc(C)c(C)c2)cc1C.Cc1ccc(S(=O)(=O)c2ccc(C)c(C)c2)cc1C.Cc1ccc2c(C)c(C)ccc2c1C. The predicted octanol–water partition coefficient (Wildman–Crippen LogP) is 35.1. The third kappa shape index (κ3) is 27.2. The van der Waals surface area contributed by atoms with E-state index in [0.717, 1.165) is 80.3 Å². The van der Waals surface area contributed by atoms with Gasteiger partial charge in [0, 0.05) is 11.1 Å². The summed E-state index contributed by atoms with van der Waals surface area (Å²) in [5, 5.41) is 2.79. The first-order valence-electron chi connectivity index (χ1n) is 46.1. The first-order chi connectivity index (χ1) is 63.1. The highest BCUT2D eigenvalue weighted by atomic mass is 32.2. The number of hydrogen-bond acceptors (Lipinski definition) is 4. The molecule has 0 atom stereocenters. The molecule has 15 aromatic rings. The van der Waals surface area contributed by atoms with Gasteiger partial charge in [0.15, 0.2) is 5.78 Å². The van der Waals surface area contributed by atoms with Gasteiger partial charge in [-0.15, -0.1) is 0 Å². The van der Waals surface area contributed by atoms with E-state index in [1.165, 1.54) is 181 Å². The van der Waals surface area contributed by atoms with Crippen LogP contribution in [0.1, 0.15) is 205 Å². The molecule has 0 N–H and O–H groups in total. The number of carbonyl (C=O) groups excluding carboxylic acids is 1. The standard InChI is InChI=1S/C19H18F6.C17H18O.C16H18O2S.C16H18O.2C16H18.C14H16.C10H14/c1-11-5-7-15(9-13(11)3)17(18(20,21)22,19(23,24)25)16-8-6-12(2)14(4)10-16;1-11-5-7-15(9-13(11)3)17(18)16-8-6-12(2)14(4)10-16;1-11-5-7-15(9-13(11)3)19(17,18)16-8-6-12(2)14(4)10-16;1-11-5-7-15(9-13(11)3)17-16-8-6-12(2)14(4)10-16;1-11-5-7-15(9-13(11)3)16-8-6-12(2)14(4)10-16;1-11-8-9-15(10-13(11)3)16-7-5-6-12(2)14(16)4;1-9-5-7-14-12(4)10(2)6-8-13(14)11(9)3;1-7-5-9(3)10(4)6-8(7)2/h5-10H,1-4H3;5-10H,1-4H3;5-10H,1-4H3;5-10H,1-4H3;2*5-10H,1-4H3;5-8H,1-4H3;5-6H,1-4H3. The minimum Gasteiger partial charge on any atom is -0.457 e. The molecule has 0 spiro atoms. The number of ether oxygens (including phenoxy) is 1.